The van der Waals surface area contributed by atoms with Gasteiger partial charge in [-0.25, -0.2) is 8.42 Å². The van der Waals surface area contributed by atoms with E-state index < -0.39 is 35.1 Å². The van der Waals surface area contributed by atoms with Crippen molar-refractivity contribution < 1.29 is 22.7 Å². The van der Waals surface area contributed by atoms with Gasteiger partial charge in [-0.15, -0.1) is 0 Å². The van der Waals surface area contributed by atoms with Crippen molar-refractivity contribution in [2.75, 3.05) is 18.5 Å². The van der Waals surface area contributed by atoms with Gasteiger partial charge >= 0.3 is 5.97 Å². The normalized spacial score (nSPS) is 11.1. The predicted molar refractivity (Wildman–Crippen MR) is 107 cm³/mol. The zero-order valence-corrected chi connectivity index (χ0v) is 17.1. The molecule has 0 heterocycles. The van der Waals surface area contributed by atoms with Gasteiger partial charge in [0.15, 0.2) is 6.61 Å². The minimum atomic E-state index is -3.83. The number of benzene rings is 2. The van der Waals surface area contributed by atoms with Crippen LogP contribution in [0, 0.1) is 27.7 Å². The second-order valence-corrected chi connectivity index (χ2v) is 8.39. The molecule has 1 amide bonds. The Morgan fingerprint density at radius 1 is 0.929 bits per heavy atom. The summed E-state index contributed by atoms with van der Waals surface area (Å²) in [7, 11) is -3.83. The molecule has 0 aliphatic carbocycles. The van der Waals surface area contributed by atoms with E-state index in [0.29, 0.717) is 5.69 Å². The van der Waals surface area contributed by atoms with Crippen molar-refractivity contribution in [3.8, 4) is 0 Å². The minimum Gasteiger partial charge on any atom is -0.455 e. The maximum Gasteiger partial charge on any atom is 0.321 e. The molecule has 0 aliphatic rings. The number of rotatable bonds is 7. The average molecular weight is 404 g/mol. The lowest BCUT2D eigenvalue weighted by Gasteiger charge is -2.13. The monoisotopic (exact) mass is 404 g/mol. The summed E-state index contributed by atoms with van der Waals surface area (Å²) in [6, 6.07) is 10.1. The van der Waals surface area contributed by atoms with Gasteiger partial charge in [0.1, 0.15) is 6.54 Å². The van der Waals surface area contributed by atoms with Gasteiger partial charge in [0.2, 0.25) is 10.0 Å². The van der Waals surface area contributed by atoms with Crippen LogP contribution in [0.4, 0.5) is 5.69 Å². The molecule has 8 heteroatoms. The van der Waals surface area contributed by atoms with Crippen LogP contribution in [0.25, 0.3) is 0 Å². The van der Waals surface area contributed by atoms with Crippen LogP contribution in [-0.2, 0) is 24.3 Å². The second-order valence-electron chi connectivity index (χ2n) is 6.62. The molecule has 0 saturated heterocycles. The molecular formula is C20H24N2O5S. The number of anilines is 1. The molecule has 0 fully saturated rings. The van der Waals surface area contributed by atoms with Gasteiger partial charge in [0.05, 0.1) is 4.90 Å². The Balaban J connectivity index is 1.85. The molecule has 2 aromatic carbocycles. The minimum absolute atomic E-state index is 0.0500. The van der Waals surface area contributed by atoms with Crippen molar-refractivity contribution in [3.05, 3.63) is 58.7 Å². The van der Waals surface area contributed by atoms with E-state index in [-0.39, 0.29) is 4.90 Å². The molecule has 0 spiro atoms. The van der Waals surface area contributed by atoms with Crippen LogP contribution < -0.4 is 10.0 Å². The summed E-state index contributed by atoms with van der Waals surface area (Å²) in [6.45, 7) is 6.49. The first-order valence-corrected chi connectivity index (χ1v) is 10.2. The number of carbonyl (C=O) groups excluding carboxylic acids is 2. The number of ether oxygens (including phenoxy) is 1. The molecule has 0 atom stereocenters. The van der Waals surface area contributed by atoms with E-state index in [9.17, 15) is 18.0 Å². The van der Waals surface area contributed by atoms with Crippen molar-refractivity contribution in [1.29, 1.82) is 0 Å². The van der Waals surface area contributed by atoms with E-state index in [0.717, 1.165) is 22.3 Å². The lowest BCUT2D eigenvalue weighted by atomic mass is 10.1. The van der Waals surface area contributed by atoms with Crippen molar-refractivity contribution in [2.24, 2.45) is 0 Å². The number of hydrogen-bond acceptors (Lipinski definition) is 5. The standard InChI is InChI=1S/C20H24N2O5S/c1-13-5-7-17(8-6-13)28(25,26)21-11-19(24)27-12-18(23)22-20-15(3)9-14(2)10-16(20)4/h5-10,21H,11-12H2,1-4H3,(H,22,23). The van der Waals surface area contributed by atoms with E-state index >= 15 is 0 Å². The molecule has 2 N–H and O–H groups in total. The first kappa shape index (κ1) is 21.6. The van der Waals surface area contributed by atoms with Gasteiger partial charge in [-0.1, -0.05) is 35.4 Å². The fourth-order valence-corrected chi connectivity index (χ4v) is 3.67. The molecule has 7 nitrogen and oxygen atoms in total. The number of hydrogen-bond donors (Lipinski definition) is 2. The number of nitrogens with one attached hydrogen (secondary N) is 2. The molecule has 0 radical (unpaired) electrons. The molecule has 0 aromatic heterocycles. The van der Waals surface area contributed by atoms with Crippen LogP contribution in [0.5, 0.6) is 0 Å². The third-order valence-electron chi connectivity index (χ3n) is 4.04. The zero-order chi connectivity index (χ0) is 20.9. The highest BCUT2D eigenvalue weighted by Crippen LogP contribution is 2.21. The Morgan fingerprint density at radius 3 is 2.07 bits per heavy atom. The number of sulfonamides is 1. The lowest BCUT2D eigenvalue weighted by Crippen LogP contribution is -2.32. The highest BCUT2D eigenvalue weighted by atomic mass is 32.2. The molecule has 0 unspecified atom stereocenters. The Bertz CT molecular complexity index is 959. The van der Waals surface area contributed by atoms with Gasteiger partial charge < -0.3 is 10.1 Å². The highest BCUT2D eigenvalue weighted by Gasteiger charge is 2.17. The number of carbonyl (C=O) groups is 2. The third kappa shape index (κ3) is 5.90. The maximum absolute atomic E-state index is 12.1. The number of amides is 1. The van der Waals surface area contributed by atoms with E-state index in [2.05, 4.69) is 10.0 Å². The topological polar surface area (TPSA) is 102 Å². The molecule has 0 saturated carbocycles. The number of esters is 1. The molecule has 0 aliphatic heterocycles. The van der Waals surface area contributed by atoms with Gasteiger partial charge in [-0.3, -0.25) is 9.59 Å². The van der Waals surface area contributed by atoms with Gasteiger partial charge in [-0.2, -0.15) is 4.72 Å². The fraction of sp³-hybridized carbons (Fsp3) is 0.300. The average Bonchev–Trinajstić information content (AvgIpc) is 2.61. The summed E-state index contributed by atoms with van der Waals surface area (Å²) in [4.78, 5) is 23.9. The van der Waals surface area contributed by atoms with Gasteiger partial charge in [0, 0.05) is 5.69 Å². The summed E-state index contributed by atoms with van der Waals surface area (Å²) in [5.74, 6) is -1.34. The van der Waals surface area contributed by atoms with Gasteiger partial charge in [0.25, 0.3) is 5.91 Å². The van der Waals surface area contributed by atoms with Crippen LogP contribution in [0.2, 0.25) is 0 Å². The van der Waals surface area contributed by atoms with E-state index in [1.54, 1.807) is 12.1 Å². The molecule has 0 bridgehead atoms. The number of aryl methyl sites for hydroxylation is 4. The predicted octanol–water partition coefficient (Wildman–Crippen LogP) is 2.38. The largest absolute Gasteiger partial charge is 0.455 e. The Labute approximate surface area is 165 Å². The summed E-state index contributed by atoms with van der Waals surface area (Å²) in [6.07, 6.45) is 0. The first-order valence-electron chi connectivity index (χ1n) is 8.68. The summed E-state index contributed by atoms with van der Waals surface area (Å²) < 4.78 is 31.3. The molecule has 150 valence electrons. The Hall–Kier alpha value is -2.71. The molecule has 2 aromatic rings. The van der Waals surface area contributed by atoms with Crippen molar-refractivity contribution in [3.63, 3.8) is 0 Å². The lowest BCUT2D eigenvalue weighted by molar-refractivity contribution is -0.146. The molecule has 2 rings (SSSR count). The van der Waals surface area contributed by atoms with Crippen molar-refractivity contribution in [2.45, 2.75) is 32.6 Å². The quantitative estimate of drug-likeness (QED) is 0.690. The molecule has 28 heavy (non-hydrogen) atoms. The second kappa shape index (κ2) is 8.99. The van der Waals surface area contributed by atoms with Crippen LogP contribution >= 0.6 is 0 Å². The van der Waals surface area contributed by atoms with Crippen LogP contribution in [0.1, 0.15) is 22.3 Å². The maximum atomic E-state index is 12.1. The van der Waals surface area contributed by atoms with Crippen LogP contribution in [0.3, 0.4) is 0 Å². The summed E-state index contributed by atoms with van der Waals surface area (Å²) in [5, 5.41) is 2.71. The third-order valence-corrected chi connectivity index (χ3v) is 5.46. The van der Waals surface area contributed by atoms with Crippen molar-refractivity contribution in [1.82, 2.24) is 4.72 Å². The highest BCUT2D eigenvalue weighted by molar-refractivity contribution is 7.89. The van der Waals surface area contributed by atoms with E-state index in [4.69, 9.17) is 4.74 Å². The zero-order valence-electron chi connectivity index (χ0n) is 16.3. The smallest absolute Gasteiger partial charge is 0.321 e. The van der Waals surface area contributed by atoms with Crippen LogP contribution in [-0.4, -0.2) is 33.4 Å². The van der Waals surface area contributed by atoms with Gasteiger partial charge in [-0.05, 0) is 51.0 Å². The van der Waals surface area contributed by atoms with Crippen molar-refractivity contribution >= 4 is 27.6 Å². The van der Waals surface area contributed by atoms with E-state index in [1.807, 2.05) is 39.8 Å². The Kier molecular flexibility index (Phi) is 6.93. The summed E-state index contributed by atoms with van der Waals surface area (Å²) in [5.41, 5.74) is 4.49. The molecular weight excluding hydrogens is 380 g/mol. The van der Waals surface area contributed by atoms with Crippen LogP contribution in [0.15, 0.2) is 41.3 Å². The SMILES string of the molecule is Cc1ccc(S(=O)(=O)NCC(=O)OCC(=O)Nc2c(C)cc(C)cc2C)cc1. The Morgan fingerprint density at radius 2 is 1.50 bits per heavy atom. The summed E-state index contributed by atoms with van der Waals surface area (Å²) >= 11 is 0. The fourth-order valence-electron chi connectivity index (χ4n) is 2.70. The first-order chi connectivity index (χ1) is 13.1. The van der Waals surface area contributed by atoms with E-state index in [1.165, 1.54) is 12.1 Å².